The van der Waals surface area contributed by atoms with E-state index in [-0.39, 0.29) is 0 Å². The first-order valence-corrected chi connectivity index (χ1v) is 6.77. The number of benzene rings is 1. The molecule has 104 valence electrons. The summed E-state index contributed by atoms with van der Waals surface area (Å²) in [5.41, 5.74) is 0.0879. The molecule has 0 unspecified atom stereocenters. The van der Waals surface area contributed by atoms with E-state index < -0.39 is 11.5 Å². The summed E-state index contributed by atoms with van der Waals surface area (Å²) in [4.78, 5) is 12.9. The Kier molecular flexibility index (Phi) is 3.22. The molecular weight excluding hydrogens is 256 g/mol. The zero-order valence-corrected chi connectivity index (χ0v) is 11.1. The lowest BCUT2D eigenvalue weighted by molar-refractivity contribution is -0.148. The lowest BCUT2D eigenvalue weighted by Gasteiger charge is -2.21. The molecule has 3 rings (SSSR count). The third-order valence-corrected chi connectivity index (χ3v) is 3.87. The molecule has 1 N–H and O–H groups in total. The lowest BCUT2D eigenvalue weighted by atomic mass is 9.99. The molecule has 1 heterocycles. The first kappa shape index (κ1) is 12.8. The van der Waals surface area contributed by atoms with Crippen molar-refractivity contribution in [2.24, 2.45) is 0 Å². The van der Waals surface area contributed by atoms with Crippen LogP contribution in [0.2, 0.25) is 0 Å². The minimum Gasteiger partial charge on any atom is -0.479 e. The SMILES string of the molecule is O=C(O)C1(n2nnc(Cc3ccccc3)n2)CCCC1. The molecular formula is C14H16N4O2. The van der Waals surface area contributed by atoms with Gasteiger partial charge in [0.1, 0.15) is 0 Å². The Morgan fingerprint density at radius 3 is 2.60 bits per heavy atom. The van der Waals surface area contributed by atoms with Crippen molar-refractivity contribution in [1.82, 2.24) is 20.2 Å². The summed E-state index contributed by atoms with van der Waals surface area (Å²) < 4.78 is 0. The van der Waals surface area contributed by atoms with Crippen LogP contribution < -0.4 is 0 Å². The predicted molar refractivity (Wildman–Crippen MR) is 71.1 cm³/mol. The fourth-order valence-electron chi connectivity index (χ4n) is 2.73. The fourth-order valence-corrected chi connectivity index (χ4v) is 2.73. The maximum atomic E-state index is 11.6. The van der Waals surface area contributed by atoms with Crippen molar-refractivity contribution in [3.05, 3.63) is 41.7 Å². The van der Waals surface area contributed by atoms with Crippen molar-refractivity contribution in [1.29, 1.82) is 0 Å². The van der Waals surface area contributed by atoms with Gasteiger partial charge in [0.2, 0.25) is 0 Å². The molecule has 1 aliphatic carbocycles. The van der Waals surface area contributed by atoms with Crippen LogP contribution in [0.4, 0.5) is 0 Å². The van der Waals surface area contributed by atoms with E-state index in [0.717, 1.165) is 18.4 Å². The maximum Gasteiger partial charge on any atom is 0.333 e. The van der Waals surface area contributed by atoms with Gasteiger partial charge in [0.25, 0.3) is 0 Å². The highest BCUT2D eigenvalue weighted by atomic mass is 16.4. The van der Waals surface area contributed by atoms with Crippen LogP contribution in [0.25, 0.3) is 0 Å². The van der Waals surface area contributed by atoms with Crippen LogP contribution in [0.3, 0.4) is 0 Å². The highest BCUT2D eigenvalue weighted by molar-refractivity contribution is 5.76. The molecule has 0 radical (unpaired) electrons. The number of hydrogen-bond donors (Lipinski definition) is 1. The second-order valence-corrected chi connectivity index (χ2v) is 5.20. The van der Waals surface area contributed by atoms with Crippen molar-refractivity contribution < 1.29 is 9.90 Å². The van der Waals surface area contributed by atoms with Gasteiger partial charge in [-0.15, -0.1) is 15.0 Å². The predicted octanol–water partition coefficient (Wildman–Crippen LogP) is 1.62. The molecule has 20 heavy (non-hydrogen) atoms. The van der Waals surface area contributed by atoms with E-state index in [9.17, 15) is 9.90 Å². The smallest absolute Gasteiger partial charge is 0.333 e. The molecule has 0 aliphatic heterocycles. The number of aromatic nitrogens is 4. The van der Waals surface area contributed by atoms with Crippen LogP contribution in [-0.4, -0.2) is 31.3 Å². The Morgan fingerprint density at radius 2 is 1.95 bits per heavy atom. The van der Waals surface area contributed by atoms with E-state index in [4.69, 9.17) is 0 Å². The summed E-state index contributed by atoms with van der Waals surface area (Å²) in [6.45, 7) is 0. The fraction of sp³-hybridized carbons (Fsp3) is 0.429. The minimum atomic E-state index is -0.998. The Bertz CT molecular complexity index is 603. The Labute approximate surface area is 116 Å². The summed E-state index contributed by atoms with van der Waals surface area (Å²) in [7, 11) is 0. The van der Waals surface area contributed by atoms with Crippen molar-refractivity contribution in [2.75, 3.05) is 0 Å². The topological polar surface area (TPSA) is 80.9 Å². The van der Waals surface area contributed by atoms with Gasteiger partial charge in [-0.2, -0.15) is 0 Å². The van der Waals surface area contributed by atoms with Gasteiger partial charge in [-0.05, 0) is 23.6 Å². The maximum absolute atomic E-state index is 11.6. The number of carbonyl (C=O) groups is 1. The highest BCUT2D eigenvalue weighted by Crippen LogP contribution is 2.35. The standard InChI is InChI=1S/C14H16N4O2/c19-13(20)14(8-4-5-9-14)18-16-12(15-17-18)10-11-6-2-1-3-7-11/h1-3,6-7H,4-5,8-10H2,(H,19,20). The van der Waals surface area contributed by atoms with E-state index in [1.807, 2.05) is 30.3 Å². The van der Waals surface area contributed by atoms with Gasteiger partial charge in [-0.25, -0.2) is 4.79 Å². The molecule has 1 saturated carbocycles. The zero-order valence-electron chi connectivity index (χ0n) is 11.1. The first-order valence-electron chi connectivity index (χ1n) is 6.77. The van der Waals surface area contributed by atoms with E-state index in [1.54, 1.807) is 0 Å². The molecule has 1 fully saturated rings. The normalized spacial score (nSPS) is 17.2. The number of nitrogens with zero attached hydrogens (tertiary/aromatic N) is 4. The molecule has 1 aromatic carbocycles. The van der Waals surface area contributed by atoms with Gasteiger partial charge in [-0.3, -0.25) is 0 Å². The monoisotopic (exact) mass is 272 g/mol. The van der Waals surface area contributed by atoms with Gasteiger partial charge >= 0.3 is 5.97 Å². The summed E-state index contributed by atoms with van der Waals surface area (Å²) in [5.74, 6) is -0.303. The summed E-state index contributed by atoms with van der Waals surface area (Å²) in [6.07, 6.45) is 3.49. The third kappa shape index (κ3) is 2.17. The average molecular weight is 272 g/mol. The van der Waals surface area contributed by atoms with Gasteiger partial charge in [-0.1, -0.05) is 43.2 Å². The molecule has 6 heteroatoms. The molecule has 1 aliphatic rings. The second-order valence-electron chi connectivity index (χ2n) is 5.20. The van der Waals surface area contributed by atoms with Crippen LogP contribution >= 0.6 is 0 Å². The summed E-state index contributed by atoms with van der Waals surface area (Å²) in [6, 6.07) is 9.84. The van der Waals surface area contributed by atoms with Gasteiger partial charge in [0.15, 0.2) is 11.4 Å². The van der Waals surface area contributed by atoms with E-state index in [0.29, 0.717) is 25.1 Å². The Morgan fingerprint density at radius 1 is 1.25 bits per heavy atom. The molecule has 0 amide bonds. The molecule has 6 nitrogen and oxygen atoms in total. The molecule has 1 aromatic heterocycles. The largest absolute Gasteiger partial charge is 0.479 e. The number of carboxylic acid groups (broad SMARTS) is 1. The first-order chi connectivity index (χ1) is 9.71. The highest BCUT2D eigenvalue weighted by Gasteiger charge is 2.45. The van der Waals surface area contributed by atoms with Crippen LogP contribution in [0.1, 0.15) is 37.1 Å². The van der Waals surface area contributed by atoms with E-state index in [2.05, 4.69) is 15.4 Å². The molecule has 0 atom stereocenters. The second kappa shape index (κ2) is 5.03. The van der Waals surface area contributed by atoms with Crippen molar-refractivity contribution in [3.8, 4) is 0 Å². The number of hydrogen-bond acceptors (Lipinski definition) is 4. The summed E-state index contributed by atoms with van der Waals surface area (Å²) in [5, 5.41) is 21.8. The Balaban J connectivity index is 1.85. The molecule has 2 aromatic rings. The number of tetrazole rings is 1. The van der Waals surface area contributed by atoms with Crippen LogP contribution in [0, 0.1) is 0 Å². The molecule has 0 bridgehead atoms. The van der Waals surface area contributed by atoms with Gasteiger partial charge in [0.05, 0.1) is 0 Å². The number of rotatable bonds is 4. The van der Waals surface area contributed by atoms with Gasteiger partial charge < -0.3 is 5.11 Å². The summed E-state index contributed by atoms with van der Waals surface area (Å²) >= 11 is 0. The van der Waals surface area contributed by atoms with Crippen molar-refractivity contribution in [2.45, 2.75) is 37.6 Å². The Hall–Kier alpha value is -2.24. The lowest BCUT2D eigenvalue weighted by Crippen LogP contribution is -2.41. The van der Waals surface area contributed by atoms with Crippen molar-refractivity contribution in [3.63, 3.8) is 0 Å². The van der Waals surface area contributed by atoms with E-state index in [1.165, 1.54) is 4.80 Å². The van der Waals surface area contributed by atoms with Crippen molar-refractivity contribution >= 4 is 5.97 Å². The third-order valence-electron chi connectivity index (χ3n) is 3.87. The average Bonchev–Trinajstić information content (AvgIpc) is 3.09. The van der Waals surface area contributed by atoms with Crippen LogP contribution in [0.15, 0.2) is 30.3 Å². The number of carboxylic acids is 1. The molecule has 0 saturated heterocycles. The molecule has 0 spiro atoms. The van der Waals surface area contributed by atoms with Gasteiger partial charge in [0, 0.05) is 6.42 Å². The minimum absolute atomic E-state index is 0.559. The van der Waals surface area contributed by atoms with Crippen LogP contribution in [-0.2, 0) is 16.8 Å². The quantitative estimate of drug-likeness (QED) is 0.914. The zero-order chi connectivity index (χ0) is 14.0. The number of aliphatic carboxylic acids is 1. The van der Waals surface area contributed by atoms with E-state index >= 15 is 0 Å². The van der Waals surface area contributed by atoms with Crippen LogP contribution in [0.5, 0.6) is 0 Å².